The number of rotatable bonds is 4. The lowest BCUT2D eigenvalue weighted by atomic mass is 10.0. The molecule has 0 bridgehead atoms. The lowest BCUT2D eigenvalue weighted by molar-refractivity contribution is -0.137. The minimum atomic E-state index is -4.83. The molecule has 1 aromatic rings. The van der Waals surface area contributed by atoms with Crippen molar-refractivity contribution in [2.24, 2.45) is 15.7 Å². The van der Waals surface area contributed by atoms with Gasteiger partial charge in [0.05, 0.1) is 5.56 Å². The highest BCUT2D eigenvalue weighted by Gasteiger charge is 2.35. The first-order valence-corrected chi connectivity index (χ1v) is 6.90. The first-order valence-electron chi connectivity index (χ1n) is 6.90. The Morgan fingerprint density at radius 3 is 2.36 bits per heavy atom. The quantitative estimate of drug-likeness (QED) is 0.655. The van der Waals surface area contributed by atoms with E-state index >= 15 is 0 Å². The van der Waals surface area contributed by atoms with Gasteiger partial charge in [0.1, 0.15) is 12.8 Å². The van der Waals surface area contributed by atoms with E-state index in [9.17, 15) is 26.3 Å². The summed E-state index contributed by atoms with van der Waals surface area (Å²) in [6, 6.07) is 1.50. The standard InChI is InChI=1S/C15H13F6N3O/c1-2-14(17,18)9-3-8(4-10(5-9)15(19,20)21)7-25-13-23-6-11(16)12(22)24-13/h2-6,11-12H,1,7,22H2. The van der Waals surface area contributed by atoms with Crippen LogP contribution in [0, 0.1) is 0 Å². The number of aliphatic imine (C=N–C) groups is 2. The molecule has 0 radical (unpaired) electrons. The topological polar surface area (TPSA) is 60.0 Å². The molecule has 0 amide bonds. The van der Waals surface area contributed by atoms with Crippen LogP contribution in [0.15, 0.2) is 40.8 Å². The van der Waals surface area contributed by atoms with E-state index in [2.05, 4.69) is 16.6 Å². The average molecular weight is 365 g/mol. The van der Waals surface area contributed by atoms with Crippen LogP contribution in [0.5, 0.6) is 0 Å². The van der Waals surface area contributed by atoms with Crippen LogP contribution in [0.25, 0.3) is 0 Å². The lowest BCUT2D eigenvalue weighted by Crippen LogP contribution is -2.35. The third-order valence-electron chi connectivity index (χ3n) is 3.24. The number of allylic oxidation sites excluding steroid dienone is 1. The fraction of sp³-hybridized carbons (Fsp3) is 0.333. The molecule has 136 valence electrons. The second-order valence-corrected chi connectivity index (χ2v) is 5.16. The Morgan fingerprint density at radius 2 is 1.80 bits per heavy atom. The second kappa shape index (κ2) is 6.87. The van der Waals surface area contributed by atoms with Gasteiger partial charge in [-0.05, 0) is 29.8 Å². The molecule has 0 saturated carbocycles. The van der Waals surface area contributed by atoms with E-state index in [4.69, 9.17) is 10.5 Å². The van der Waals surface area contributed by atoms with Crippen LogP contribution >= 0.6 is 0 Å². The van der Waals surface area contributed by atoms with E-state index in [1.165, 1.54) is 0 Å². The smallest absolute Gasteiger partial charge is 0.416 e. The van der Waals surface area contributed by atoms with Gasteiger partial charge >= 0.3 is 12.2 Å². The number of alkyl halides is 6. The summed E-state index contributed by atoms with van der Waals surface area (Å²) in [7, 11) is 0. The van der Waals surface area contributed by atoms with Gasteiger partial charge in [-0.3, -0.25) is 0 Å². The van der Waals surface area contributed by atoms with E-state index in [-0.39, 0.29) is 17.7 Å². The van der Waals surface area contributed by atoms with Crippen LogP contribution in [-0.2, 0) is 23.4 Å². The Balaban J connectivity index is 2.28. The maximum atomic E-state index is 13.7. The molecule has 0 saturated heterocycles. The Kier molecular flexibility index (Phi) is 5.21. The molecular weight excluding hydrogens is 352 g/mol. The SMILES string of the molecule is C=CC(F)(F)c1cc(COC2=NC(N)C(F)C=N2)cc(C(F)(F)F)c1. The van der Waals surface area contributed by atoms with E-state index in [0.717, 1.165) is 12.3 Å². The van der Waals surface area contributed by atoms with Crippen molar-refractivity contribution >= 4 is 12.2 Å². The van der Waals surface area contributed by atoms with Crippen molar-refractivity contribution in [3.63, 3.8) is 0 Å². The minimum Gasteiger partial charge on any atom is -0.459 e. The first kappa shape index (κ1) is 19.0. The first-order chi connectivity index (χ1) is 11.5. The summed E-state index contributed by atoms with van der Waals surface area (Å²) in [5, 5.41) is 0. The zero-order chi connectivity index (χ0) is 18.8. The van der Waals surface area contributed by atoms with Gasteiger partial charge in [0.15, 0.2) is 6.17 Å². The van der Waals surface area contributed by atoms with Gasteiger partial charge in [-0.15, -0.1) is 0 Å². The average Bonchev–Trinajstić information content (AvgIpc) is 2.55. The van der Waals surface area contributed by atoms with Crippen molar-refractivity contribution < 1.29 is 31.1 Å². The Bertz CT molecular complexity index is 714. The monoisotopic (exact) mass is 365 g/mol. The molecular formula is C15H13F6N3O. The molecule has 10 heteroatoms. The van der Waals surface area contributed by atoms with E-state index in [1.807, 2.05) is 0 Å². The molecule has 0 fully saturated rings. The molecule has 1 aliphatic rings. The Labute approximate surface area is 138 Å². The molecule has 0 aromatic heterocycles. The number of hydrogen-bond donors (Lipinski definition) is 1. The van der Waals surface area contributed by atoms with Gasteiger partial charge in [-0.25, -0.2) is 14.4 Å². The minimum absolute atomic E-state index is 0.194. The summed E-state index contributed by atoms with van der Waals surface area (Å²) in [6.07, 6.45) is -6.63. The van der Waals surface area contributed by atoms with Crippen molar-refractivity contribution in [2.45, 2.75) is 31.0 Å². The molecule has 1 heterocycles. The van der Waals surface area contributed by atoms with Gasteiger partial charge in [0.2, 0.25) is 0 Å². The number of nitrogens with two attached hydrogens (primary N) is 1. The van der Waals surface area contributed by atoms with Gasteiger partial charge in [0, 0.05) is 11.8 Å². The molecule has 1 aliphatic heterocycles. The number of hydrogen-bond acceptors (Lipinski definition) is 4. The number of ether oxygens (including phenoxy) is 1. The third kappa shape index (κ3) is 4.59. The fourth-order valence-electron chi connectivity index (χ4n) is 1.93. The van der Waals surface area contributed by atoms with Crippen LogP contribution in [0.2, 0.25) is 0 Å². The maximum absolute atomic E-state index is 13.7. The van der Waals surface area contributed by atoms with Crippen LogP contribution < -0.4 is 5.73 Å². The molecule has 0 aliphatic carbocycles. The molecule has 2 N–H and O–H groups in total. The highest BCUT2D eigenvalue weighted by Crippen LogP contribution is 2.36. The number of benzene rings is 1. The van der Waals surface area contributed by atoms with Crippen molar-refractivity contribution in [1.29, 1.82) is 0 Å². The Hall–Kier alpha value is -2.36. The summed E-state index contributed by atoms with van der Waals surface area (Å²) < 4.78 is 84.2. The summed E-state index contributed by atoms with van der Waals surface area (Å²) in [4.78, 5) is 7.05. The summed E-state index contributed by atoms with van der Waals surface area (Å²) in [5.74, 6) is -3.65. The van der Waals surface area contributed by atoms with Gasteiger partial charge in [0.25, 0.3) is 5.92 Å². The summed E-state index contributed by atoms with van der Waals surface area (Å²) in [6.45, 7) is 2.38. The van der Waals surface area contributed by atoms with Crippen molar-refractivity contribution in [1.82, 2.24) is 0 Å². The van der Waals surface area contributed by atoms with Crippen LogP contribution in [-0.4, -0.2) is 24.6 Å². The largest absolute Gasteiger partial charge is 0.459 e. The predicted octanol–water partition coefficient (Wildman–Crippen LogP) is 3.56. The Morgan fingerprint density at radius 1 is 1.16 bits per heavy atom. The van der Waals surface area contributed by atoms with Gasteiger partial charge in [-0.1, -0.05) is 6.58 Å². The molecule has 1 aromatic carbocycles. The van der Waals surface area contributed by atoms with E-state index in [1.54, 1.807) is 0 Å². The third-order valence-corrected chi connectivity index (χ3v) is 3.24. The fourth-order valence-corrected chi connectivity index (χ4v) is 1.93. The molecule has 2 unspecified atom stereocenters. The normalized spacial score (nSPS) is 21.0. The van der Waals surface area contributed by atoms with Gasteiger partial charge < -0.3 is 10.5 Å². The highest BCUT2D eigenvalue weighted by molar-refractivity contribution is 5.87. The molecule has 2 rings (SSSR count). The van der Waals surface area contributed by atoms with Crippen molar-refractivity contribution in [3.8, 4) is 0 Å². The predicted molar refractivity (Wildman–Crippen MR) is 79.1 cm³/mol. The van der Waals surface area contributed by atoms with Crippen LogP contribution in [0.3, 0.4) is 0 Å². The van der Waals surface area contributed by atoms with Crippen LogP contribution in [0.4, 0.5) is 26.3 Å². The number of nitrogens with zero attached hydrogens (tertiary/aromatic N) is 2. The van der Waals surface area contributed by atoms with Crippen molar-refractivity contribution in [3.05, 3.63) is 47.5 Å². The zero-order valence-electron chi connectivity index (χ0n) is 12.6. The summed E-state index contributed by atoms with van der Waals surface area (Å²) in [5.41, 5.74) is 2.98. The maximum Gasteiger partial charge on any atom is 0.416 e. The number of amidine groups is 1. The van der Waals surface area contributed by atoms with Crippen molar-refractivity contribution in [2.75, 3.05) is 0 Å². The zero-order valence-corrected chi connectivity index (χ0v) is 12.6. The lowest BCUT2D eigenvalue weighted by Gasteiger charge is -2.18. The highest BCUT2D eigenvalue weighted by atomic mass is 19.4. The van der Waals surface area contributed by atoms with Gasteiger partial charge in [-0.2, -0.15) is 22.0 Å². The van der Waals surface area contributed by atoms with Crippen LogP contribution in [0.1, 0.15) is 16.7 Å². The molecule has 0 spiro atoms. The van der Waals surface area contributed by atoms with E-state index in [0.29, 0.717) is 12.1 Å². The molecule has 25 heavy (non-hydrogen) atoms. The molecule has 4 nitrogen and oxygen atoms in total. The second-order valence-electron chi connectivity index (χ2n) is 5.16. The number of halogens is 6. The van der Waals surface area contributed by atoms with E-state index < -0.39 is 42.2 Å². The molecule has 2 atom stereocenters. The summed E-state index contributed by atoms with van der Waals surface area (Å²) >= 11 is 0.